The van der Waals surface area contributed by atoms with E-state index < -0.39 is 29.6 Å². The molecule has 314 valence electrons. The van der Waals surface area contributed by atoms with E-state index in [9.17, 15) is 24.9 Å². The lowest BCUT2D eigenvalue weighted by Crippen LogP contribution is -2.38. The van der Waals surface area contributed by atoms with Crippen molar-refractivity contribution in [2.45, 2.75) is 222 Å². The zero-order valence-corrected chi connectivity index (χ0v) is 34.5. The van der Waals surface area contributed by atoms with Crippen LogP contribution < -0.4 is 4.90 Å². The van der Waals surface area contributed by atoms with Crippen molar-refractivity contribution in [3.8, 4) is 0 Å². The first kappa shape index (κ1) is 43.4. The monoisotopic (exact) mass is 780 g/mol. The van der Waals surface area contributed by atoms with Crippen molar-refractivity contribution in [1.82, 2.24) is 0 Å². The van der Waals surface area contributed by atoms with Gasteiger partial charge in [0.15, 0.2) is 0 Å². The zero-order chi connectivity index (χ0) is 39.5. The number of imide groups is 1. The molecule has 0 unspecified atom stereocenters. The largest absolute Gasteiger partial charge is 0.393 e. The molecule has 5 aliphatic rings. The summed E-state index contributed by atoms with van der Waals surface area (Å²) < 4.78 is 18.9. The van der Waals surface area contributed by atoms with Crippen LogP contribution in [0.2, 0.25) is 0 Å². The molecule has 1 aromatic carbocycles. The second kappa shape index (κ2) is 21.2. The molecule has 5 aliphatic heterocycles. The molecule has 9 nitrogen and oxygen atoms in total. The number of benzene rings is 1. The van der Waals surface area contributed by atoms with Crippen molar-refractivity contribution in [2.75, 3.05) is 4.90 Å². The van der Waals surface area contributed by atoms with Gasteiger partial charge in [0.2, 0.25) is 11.8 Å². The van der Waals surface area contributed by atoms with Crippen LogP contribution in [-0.4, -0.2) is 81.6 Å². The molecular formula is C47H73NO8. The molecule has 11 atom stereocenters. The lowest BCUT2D eigenvalue weighted by Gasteiger charge is -2.24. The van der Waals surface area contributed by atoms with Gasteiger partial charge in [0.1, 0.15) is 0 Å². The molecule has 3 N–H and O–H groups in total. The van der Waals surface area contributed by atoms with Crippen molar-refractivity contribution in [3.05, 3.63) is 42.0 Å². The number of carbonyl (C=O) groups excluding carboxylic acids is 2. The molecule has 4 saturated heterocycles. The Morgan fingerprint density at radius 2 is 1.21 bits per heavy atom. The number of rotatable bonds is 26. The normalized spacial score (nSPS) is 31.3. The Morgan fingerprint density at radius 3 is 1.84 bits per heavy atom. The van der Waals surface area contributed by atoms with Crippen LogP contribution in [0.15, 0.2) is 42.0 Å². The summed E-state index contributed by atoms with van der Waals surface area (Å²) in [5, 5.41) is 31.9. The number of para-hydroxylation sites is 1. The number of amides is 2. The number of carbonyl (C=O) groups is 2. The lowest BCUT2D eigenvalue weighted by atomic mass is 9.74. The maximum absolute atomic E-state index is 13.4. The van der Waals surface area contributed by atoms with E-state index in [1.165, 1.54) is 74.7 Å². The van der Waals surface area contributed by atoms with E-state index in [-0.39, 0.29) is 48.4 Å². The molecule has 56 heavy (non-hydrogen) atoms. The van der Waals surface area contributed by atoms with Crippen molar-refractivity contribution in [3.63, 3.8) is 0 Å². The Kier molecular flexibility index (Phi) is 16.5. The number of anilines is 1. The molecule has 4 fully saturated rings. The van der Waals surface area contributed by atoms with Crippen molar-refractivity contribution in [1.29, 1.82) is 0 Å². The van der Waals surface area contributed by atoms with E-state index in [1.54, 1.807) is 0 Å². The van der Waals surface area contributed by atoms with Crippen LogP contribution in [0.25, 0.3) is 0 Å². The second-order valence-corrected chi connectivity index (χ2v) is 18.0. The van der Waals surface area contributed by atoms with Crippen LogP contribution in [0.3, 0.4) is 0 Å². The fourth-order valence-electron chi connectivity index (χ4n) is 10.4. The predicted octanol–water partition coefficient (Wildman–Crippen LogP) is 8.89. The summed E-state index contributed by atoms with van der Waals surface area (Å²) in [6.45, 7) is 4.17. The number of aliphatic hydroxyl groups excluding tert-OH is 3. The third-order valence-corrected chi connectivity index (χ3v) is 13.6. The van der Waals surface area contributed by atoms with Crippen LogP contribution in [0.1, 0.15) is 168 Å². The van der Waals surface area contributed by atoms with Crippen molar-refractivity contribution < 1.29 is 39.1 Å². The summed E-state index contributed by atoms with van der Waals surface area (Å²) in [4.78, 5) is 28.1. The molecule has 1 aromatic rings. The SMILES string of the molecule is CCCCCC[C@H](O)CCC[C@H](O)[C@H]1CC[C@H]([C@H]2CC[C@H]([C@H](O)CCCCCCCCCCCCC3=C[C@]4(C)O[C@H]3[C@H]3C(=O)N(c5ccccc5)C(=O)[C@H]34)O2)O1. The quantitative estimate of drug-likeness (QED) is 0.0484. The topological polar surface area (TPSA) is 126 Å². The number of aliphatic hydroxyl groups is 3. The molecule has 6 rings (SSSR count). The minimum absolute atomic E-state index is 0.000950. The van der Waals surface area contributed by atoms with Gasteiger partial charge in [0.05, 0.1) is 72.0 Å². The maximum Gasteiger partial charge on any atom is 0.241 e. The first-order valence-electron chi connectivity index (χ1n) is 22.9. The Labute approximate surface area is 336 Å². The first-order chi connectivity index (χ1) is 27.2. The van der Waals surface area contributed by atoms with Gasteiger partial charge in [0.25, 0.3) is 0 Å². The number of hydrogen-bond acceptors (Lipinski definition) is 8. The van der Waals surface area contributed by atoms with Crippen LogP contribution in [-0.2, 0) is 23.8 Å². The summed E-state index contributed by atoms with van der Waals surface area (Å²) in [7, 11) is 0. The van der Waals surface area contributed by atoms with Gasteiger partial charge in [-0.2, -0.15) is 0 Å². The molecular weight excluding hydrogens is 707 g/mol. The second-order valence-electron chi connectivity index (χ2n) is 18.0. The number of nitrogens with zero attached hydrogens (tertiary/aromatic N) is 1. The molecule has 0 spiro atoms. The van der Waals surface area contributed by atoms with Gasteiger partial charge in [-0.3, -0.25) is 9.59 Å². The minimum Gasteiger partial charge on any atom is -0.393 e. The van der Waals surface area contributed by atoms with E-state index >= 15 is 0 Å². The third kappa shape index (κ3) is 10.9. The van der Waals surface area contributed by atoms with Crippen LogP contribution >= 0.6 is 0 Å². The van der Waals surface area contributed by atoms with Gasteiger partial charge in [-0.15, -0.1) is 0 Å². The number of ether oxygens (including phenoxy) is 3. The summed E-state index contributed by atoms with van der Waals surface area (Å²) in [5.41, 5.74) is 1.17. The molecule has 5 heterocycles. The molecule has 0 saturated carbocycles. The summed E-state index contributed by atoms with van der Waals surface area (Å²) >= 11 is 0. The Morgan fingerprint density at radius 1 is 0.679 bits per heavy atom. The zero-order valence-electron chi connectivity index (χ0n) is 34.5. The van der Waals surface area contributed by atoms with E-state index in [0.717, 1.165) is 83.5 Å². The highest BCUT2D eigenvalue weighted by atomic mass is 16.6. The average Bonchev–Trinajstić information content (AvgIpc) is 4.02. The van der Waals surface area contributed by atoms with Gasteiger partial charge in [-0.1, -0.05) is 115 Å². The smallest absolute Gasteiger partial charge is 0.241 e. The van der Waals surface area contributed by atoms with Crippen molar-refractivity contribution >= 4 is 17.5 Å². The molecule has 0 radical (unpaired) electrons. The van der Waals surface area contributed by atoms with Crippen LogP contribution in [0, 0.1) is 11.8 Å². The van der Waals surface area contributed by atoms with Crippen molar-refractivity contribution in [2.24, 2.45) is 11.8 Å². The fourth-order valence-corrected chi connectivity index (χ4v) is 10.4. The minimum atomic E-state index is -0.687. The van der Waals surface area contributed by atoms with E-state index in [1.807, 2.05) is 37.3 Å². The van der Waals surface area contributed by atoms with E-state index in [4.69, 9.17) is 14.2 Å². The van der Waals surface area contributed by atoms with Gasteiger partial charge in [0, 0.05) is 0 Å². The summed E-state index contributed by atoms with van der Waals surface area (Å²) in [5.74, 6) is -1.08. The van der Waals surface area contributed by atoms with Crippen LogP contribution in [0.4, 0.5) is 5.69 Å². The standard InChI is InChI=1S/C47H73NO8/c1-3-4-5-18-24-35(49)25-20-27-37(51)39-29-31-41(55-39)40-30-28-38(54-40)36(50)26-19-13-11-9-7-6-8-10-12-15-21-33-32-47(2)43-42(44(33)56-47)45(52)48(46(43)53)34-22-16-14-17-23-34/h14,16-17,22-23,32,35-44,49-51H,3-13,15,18-21,24-31H2,1-2H3/t35-,36+,37-,38+,39+,40+,41+,42-,43-,44+,47-/m0/s1. The highest BCUT2D eigenvalue weighted by molar-refractivity contribution is 6.23. The predicted molar refractivity (Wildman–Crippen MR) is 219 cm³/mol. The molecule has 2 bridgehead atoms. The number of hydrogen-bond donors (Lipinski definition) is 3. The van der Waals surface area contributed by atoms with Gasteiger partial charge in [-0.25, -0.2) is 4.90 Å². The Hall–Kier alpha value is -2.14. The highest BCUT2D eigenvalue weighted by Gasteiger charge is 2.67. The highest BCUT2D eigenvalue weighted by Crippen LogP contribution is 2.55. The van der Waals surface area contributed by atoms with Gasteiger partial charge >= 0.3 is 0 Å². The summed E-state index contributed by atoms with van der Waals surface area (Å²) in [6, 6.07) is 9.27. The lowest BCUT2D eigenvalue weighted by molar-refractivity contribution is -0.126. The van der Waals surface area contributed by atoms with E-state index in [0.29, 0.717) is 12.1 Å². The molecule has 0 aliphatic carbocycles. The van der Waals surface area contributed by atoms with Gasteiger partial charge in [-0.05, 0) is 95.3 Å². The van der Waals surface area contributed by atoms with Gasteiger partial charge < -0.3 is 29.5 Å². The average molecular weight is 780 g/mol. The third-order valence-electron chi connectivity index (χ3n) is 13.6. The Bertz CT molecular complexity index is 1400. The first-order valence-corrected chi connectivity index (χ1v) is 22.9. The Balaban J connectivity index is 0.751. The number of fused-ring (bicyclic) bond motifs is 5. The van der Waals surface area contributed by atoms with E-state index in [2.05, 4.69) is 13.0 Å². The van der Waals surface area contributed by atoms with Crippen LogP contribution in [0.5, 0.6) is 0 Å². The maximum atomic E-state index is 13.4. The molecule has 2 amide bonds. The molecule has 9 heteroatoms. The molecule has 0 aromatic heterocycles. The number of unbranched alkanes of at least 4 members (excludes halogenated alkanes) is 12. The summed E-state index contributed by atoms with van der Waals surface area (Å²) in [6.07, 6.45) is 25.3. The fraction of sp³-hybridized carbons (Fsp3) is 0.787.